The van der Waals surface area contributed by atoms with Crippen LogP contribution in [0.1, 0.15) is 24.4 Å². The Hall–Kier alpha value is -1.20. The maximum Gasteiger partial charge on any atom is 0.132 e. The zero-order valence-corrected chi connectivity index (χ0v) is 10.5. The molecule has 1 saturated heterocycles. The fourth-order valence-corrected chi connectivity index (χ4v) is 2.21. The molecule has 2 rings (SSSR count). The van der Waals surface area contributed by atoms with Gasteiger partial charge in [-0.05, 0) is 19.8 Å². The fourth-order valence-electron chi connectivity index (χ4n) is 2.21. The predicted octanol–water partition coefficient (Wildman–Crippen LogP) is 0.859. The highest BCUT2D eigenvalue weighted by molar-refractivity contribution is 5.40. The highest BCUT2D eigenvalue weighted by atomic mass is 16.5. The quantitative estimate of drug-likeness (QED) is 0.843. The van der Waals surface area contributed by atoms with E-state index in [1.807, 2.05) is 13.0 Å². The van der Waals surface area contributed by atoms with Crippen molar-refractivity contribution in [2.45, 2.75) is 32.4 Å². The van der Waals surface area contributed by atoms with E-state index in [4.69, 9.17) is 10.5 Å². The molecule has 0 radical (unpaired) electrons. The fraction of sp³-hybridized carbons (Fsp3) is 0.667. The van der Waals surface area contributed by atoms with Crippen LogP contribution in [0.2, 0.25) is 0 Å². The van der Waals surface area contributed by atoms with Gasteiger partial charge in [0.1, 0.15) is 11.6 Å². The second-order valence-electron chi connectivity index (χ2n) is 4.55. The van der Waals surface area contributed by atoms with Crippen LogP contribution in [-0.2, 0) is 11.3 Å². The summed E-state index contributed by atoms with van der Waals surface area (Å²) in [5.74, 6) is 1.76. The van der Waals surface area contributed by atoms with Crippen molar-refractivity contribution in [2.24, 2.45) is 5.73 Å². The van der Waals surface area contributed by atoms with Crippen molar-refractivity contribution in [2.75, 3.05) is 25.1 Å². The van der Waals surface area contributed by atoms with Crippen molar-refractivity contribution in [1.82, 2.24) is 9.97 Å². The van der Waals surface area contributed by atoms with Gasteiger partial charge in [0.05, 0.1) is 12.3 Å². The predicted molar refractivity (Wildman–Crippen MR) is 66.9 cm³/mol. The van der Waals surface area contributed by atoms with E-state index in [2.05, 4.69) is 14.9 Å². The van der Waals surface area contributed by atoms with Crippen LogP contribution in [0.15, 0.2) is 6.07 Å². The molecule has 0 spiro atoms. The second kappa shape index (κ2) is 5.42. The molecule has 1 aliphatic heterocycles. The van der Waals surface area contributed by atoms with E-state index >= 15 is 0 Å². The Kier molecular flexibility index (Phi) is 3.91. The molecule has 0 amide bonds. The molecule has 0 saturated carbocycles. The molecule has 1 atom stereocenters. The maximum absolute atomic E-state index is 5.99. The lowest BCUT2D eigenvalue weighted by molar-refractivity contribution is 0.181. The molecular formula is C12H20N4O. The Bertz CT molecular complexity index is 383. The maximum atomic E-state index is 5.99. The van der Waals surface area contributed by atoms with Gasteiger partial charge in [-0.1, -0.05) is 0 Å². The van der Waals surface area contributed by atoms with Crippen LogP contribution in [-0.4, -0.2) is 36.2 Å². The van der Waals surface area contributed by atoms with Gasteiger partial charge in [-0.25, -0.2) is 9.97 Å². The number of piperidine rings is 1. The number of aryl methyl sites for hydroxylation is 1. The molecule has 17 heavy (non-hydrogen) atoms. The summed E-state index contributed by atoms with van der Waals surface area (Å²) in [6, 6.07) is 2.25. The van der Waals surface area contributed by atoms with Crippen molar-refractivity contribution >= 4 is 5.82 Å². The largest absolute Gasteiger partial charge is 0.378 e. The van der Waals surface area contributed by atoms with Crippen molar-refractivity contribution in [3.8, 4) is 0 Å². The topological polar surface area (TPSA) is 64.3 Å². The van der Waals surface area contributed by atoms with Crippen LogP contribution in [0.5, 0.6) is 0 Å². The summed E-state index contributed by atoms with van der Waals surface area (Å²) in [7, 11) is 1.67. The minimum atomic E-state index is 0.255. The molecule has 1 aromatic heterocycles. The third-order valence-corrected chi connectivity index (χ3v) is 2.95. The number of hydrogen-bond donors (Lipinski definition) is 1. The van der Waals surface area contributed by atoms with Gasteiger partial charge in [0, 0.05) is 32.3 Å². The van der Waals surface area contributed by atoms with Crippen molar-refractivity contribution in [1.29, 1.82) is 0 Å². The molecular weight excluding hydrogens is 216 g/mol. The van der Waals surface area contributed by atoms with E-state index in [0.29, 0.717) is 6.61 Å². The Labute approximate surface area is 102 Å². The van der Waals surface area contributed by atoms with E-state index in [-0.39, 0.29) is 6.04 Å². The van der Waals surface area contributed by atoms with Gasteiger partial charge in [0.15, 0.2) is 0 Å². The van der Waals surface area contributed by atoms with Crippen LogP contribution in [0.4, 0.5) is 5.82 Å². The van der Waals surface area contributed by atoms with Crippen LogP contribution in [0, 0.1) is 6.92 Å². The Balaban J connectivity index is 2.18. The minimum Gasteiger partial charge on any atom is -0.378 e. The molecule has 1 aliphatic rings. The van der Waals surface area contributed by atoms with Crippen LogP contribution in [0.3, 0.4) is 0 Å². The summed E-state index contributed by atoms with van der Waals surface area (Å²) in [5, 5.41) is 0. The first-order valence-electron chi connectivity index (χ1n) is 6.03. The lowest BCUT2D eigenvalue weighted by Crippen LogP contribution is -2.43. The highest BCUT2D eigenvalue weighted by Crippen LogP contribution is 2.18. The molecule has 1 fully saturated rings. The molecule has 5 nitrogen and oxygen atoms in total. The van der Waals surface area contributed by atoms with Crippen LogP contribution < -0.4 is 10.6 Å². The summed E-state index contributed by atoms with van der Waals surface area (Å²) < 4.78 is 5.11. The lowest BCUT2D eigenvalue weighted by atomic mass is 10.1. The zero-order chi connectivity index (χ0) is 12.3. The monoisotopic (exact) mass is 236 g/mol. The van der Waals surface area contributed by atoms with Gasteiger partial charge in [-0.15, -0.1) is 0 Å². The van der Waals surface area contributed by atoms with Crippen LogP contribution >= 0.6 is 0 Å². The molecule has 2 N–H and O–H groups in total. The number of ether oxygens (including phenoxy) is 1. The van der Waals surface area contributed by atoms with Gasteiger partial charge >= 0.3 is 0 Å². The summed E-state index contributed by atoms with van der Waals surface area (Å²) in [6.45, 7) is 4.34. The molecule has 0 bridgehead atoms. The Morgan fingerprint density at radius 1 is 1.53 bits per heavy atom. The average Bonchev–Trinajstić information content (AvgIpc) is 2.28. The zero-order valence-electron chi connectivity index (χ0n) is 10.5. The number of rotatable bonds is 3. The molecule has 94 valence electrons. The number of nitrogens with two attached hydrogens (primary N) is 1. The number of nitrogens with zero attached hydrogens (tertiary/aromatic N) is 3. The van der Waals surface area contributed by atoms with E-state index in [1.54, 1.807) is 7.11 Å². The third-order valence-electron chi connectivity index (χ3n) is 2.95. The molecule has 0 aliphatic carbocycles. The highest BCUT2D eigenvalue weighted by Gasteiger charge is 2.18. The van der Waals surface area contributed by atoms with E-state index in [1.165, 1.54) is 0 Å². The van der Waals surface area contributed by atoms with Crippen molar-refractivity contribution in [3.63, 3.8) is 0 Å². The molecule has 1 aromatic rings. The van der Waals surface area contributed by atoms with Crippen molar-refractivity contribution < 1.29 is 4.74 Å². The van der Waals surface area contributed by atoms with E-state index in [9.17, 15) is 0 Å². The standard InChI is InChI=1S/C12H20N4O/c1-9-14-11(8-17-2)6-12(15-9)16-5-3-4-10(13)7-16/h6,10H,3-5,7-8,13H2,1-2H3/t10-/m1/s1. The first-order valence-corrected chi connectivity index (χ1v) is 6.03. The molecule has 5 heteroatoms. The number of anilines is 1. The van der Waals surface area contributed by atoms with Gasteiger partial charge < -0.3 is 15.4 Å². The Morgan fingerprint density at radius 2 is 2.35 bits per heavy atom. The minimum absolute atomic E-state index is 0.255. The normalized spacial score (nSPS) is 20.6. The first kappa shape index (κ1) is 12.3. The number of hydrogen-bond acceptors (Lipinski definition) is 5. The third kappa shape index (κ3) is 3.14. The van der Waals surface area contributed by atoms with Gasteiger partial charge in [-0.3, -0.25) is 0 Å². The van der Waals surface area contributed by atoms with Crippen molar-refractivity contribution in [3.05, 3.63) is 17.6 Å². The average molecular weight is 236 g/mol. The molecule has 0 aromatic carbocycles. The second-order valence-corrected chi connectivity index (χ2v) is 4.55. The molecule has 2 heterocycles. The smallest absolute Gasteiger partial charge is 0.132 e. The van der Waals surface area contributed by atoms with Gasteiger partial charge in [0.25, 0.3) is 0 Å². The van der Waals surface area contributed by atoms with Gasteiger partial charge in [-0.2, -0.15) is 0 Å². The van der Waals surface area contributed by atoms with E-state index < -0.39 is 0 Å². The number of aromatic nitrogens is 2. The summed E-state index contributed by atoms with van der Waals surface area (Å²) >= 11 is 0. The number of methoxy groups -OCH3 is 1. The lowest BCUT2D eigenvalue weighted by Gasteiger charge is -2.31. The molecule has 0 unspecified atom stereocenters. The van der Waals surface area contributed by atoms with Crippen LogP contribution in [0.25, 0.3) is 0 Å². The summed E-state index contributed by atoms with van der Waals surface area (Å²) in [4.78, 5) is 11.1. The SMILES string of the molecule is COCc1cc(N2CCC[C@@H](N)C2)nc(C)n1. The van der Waals surface area contributed by atoms with E-state index in [0.717, 1.165) is 43.3 Å². The summed E-state index contributed by atoms with van der Waals surface area (Å²) in [6.07, 6.45) is 2.23. The first-order chi connectivity index (χ1) is 8.19. The summed E-state index contributed by atoms with van der Waals surface area (Å²) in [5.41, 5.74) is 6.91. The van der Waals surface area contributed by atoms with Gasteiger partial charge in [0.2, 0.25) is 0 Å². The Morgan fingerprint density at radius 3 is 3.06 bits per heavy atom.